The van der Waals surface area contributed by atoms with Gasteiger partial charge in [-0.3, -0.25) is 9.59 Å². The van der Waals surface area contributed by atoms with Crippen LogP contribution in [-0.2, 0) is 14.6 Å². The molecule has 0 bridgehead atoms. The molecule has 3 N–H and O–H groups in total. The van der Waals surface area contributed by atoms with Crippen LogP contribution < -0.4 is 11.1 Å². The lowest BCUT2D eigenvalue weighted by Gasteiger charge is -2.20. The van der Waals surface area contributed by atoms with Crippen molar-refractivity contribution in [3.63, 3.8) is 0 Å². The van der Waals surface area contributed by atoms with E-state index in [2.05, 4.69) is 5.32 Å². The normalized spacial score (nSPS) is 12.4. The highest BCUT2D eigenvalue weighted by atomic mass is 32.2. The Morgan fingerprint density at radius 1 is 1.16 bits per heavy atom. The molecule has 1 atom stereocenters. The second-order valence-corrected chi connectivity index (χ2v) is 7.78. The van der Waals surface area contributed by atoms with Crippen LogP contribution >= 0.6 is 0 Å². The number of nitrogens with one attached hydrogen (secondary N) is 1. The van der Waals surface area contributed by atoms with Crippen LogP contribution in [0, 0.1) is 0 Å². The maximum atomic E-state index is 11.9. The fourth-order valence-electron chi connectivity index (χ4n) is 2.67. The molecular formula is C18H20N2O4S. The van der Waals surface area contributed by atoms with Crippen molar-refractivity contribution >= 4 is 22.2 Å². The summed E-state index contributed by atoms with van der Waals surface area (Å²) in [7, 11) is -3.29. The van der Waals surface area contributed by atoms with Crippen LogP contribution in [0.4, 0.5) is 0 Å². The Hall–Kier alpha value is -2.67. The first kappa shape index (κ1) is 18.7. The topological polar surface area (TPSA) is 106 Å². The summed E-state index contributed by atoms with van der Waals surface area (Å²) >= 11 is 0. The standard InChI is InChI=1S/C18H20N2O4S/c1-2-25(23,24)14-9-7-13(8-10-14)17(11-20-12-21)15-5-3-4-6-16(15)18(19)22/h3-10,12,17H,2,11H2,1H3,(H2,19,22)(H,20,21)/t17-/m1/s1. The van der Waals surface area contributed by atoms with Crippen molar-refractivity contribution in [2.45, 2.75) is 17.7 Å². The lowest BCUT2D eigenvalue weighted by molar-refractivity contribution is -0.109. The minimum absolute atomic E-state index is 0.0208. The number of nitrogens with two attached hydrogens (primary N) is 1. The Balaban J connectivity index is 2.49. The Kier molecular flexibility index (Phi) is 5.93. The molecule has 25 heavy (non-hydrogen) atoms. The highest BCUT2D eigenvalue weighted by molar-refractivity contribution is 7.91. The molecular weight excluding hydrogens is 340 g/mol. The van der Waals surface area contributed by atoms with E-state index in [1.54, 1.807) is 43.3 Å². The number of hydrogen-bond acceptors (Lipinski definition) is 4. The van der Waals surface area contributed by atoms with Crippen LogP contribution in [0.3, 0.4) is 0 Å². The second-order valence-electron chi connectivity index (χ2n) is 5.50. The van der Waals surface area contributed by atoms with Gasteiger partial charge in [0.15, 0.2) is 9.84 Å². The summed E-state index contributed by atoms with van der Waals surface area (Å²) in [6.07, 6.45) is 0.579. The third-order valence-electron chi connectivity index (χ3n) is 4.03. The average molecular weight is 360 g/mol. The minimum Gasteiger partial charge on any atom is -0.366 e. The number of carbonyl (C=O) groups excluding carboxylic acids is 2. The van der Waals surface area contributed by atoms with E-state index in [1.165, 1.54) is 12.1 Å². The fourth-order valence-corrected chi connectivity index (χ4v) is 3.56. The van der Waals surface area contributed by atoms with E-state index in [-0.39, 0.29) is 23.1 Å². The zero-order chi connectivity index (χ0) is 18.4. The molecule has 0 radical (unpaired) electrons. The third kappa shape index (κ3) is 4.24. The minimum atomic E-state index is -3.29. The summed E-state index contributed by atoms with van der Waals surface area (Å²) in [5.41, 5.74) is 7.27. The zero-order valence-corrected chi connectivity index (χ0v) is 14.6. The highest BCUT2D eigenvalue weighted by Crippen LogP contribution is 2.28. The van der Waals surface area contributed by atoms with Crippen molar-refractivity contribution in [3.05, 3.63) is 65.2 Å². The lowest BCUT2D eigenvalue weighted by Crippen LogP contribution is -2.24. The van der Waals surface area contributed by atoms with Gasteiger partial charge in [0, 0.05) is 18.0 Å². The number of amides is 2. The first-order chi connectivity index (χ1) is 11.9. The molecule has 0 spiro atoms. The number of carbonyl (C=O) groups is 2. The summed E-state index contributed by atoms with van der Waals surface area (Å²) in [5.74, 6) is -0.864. The van der Waals surface area contributed by atoms with Crippen LogP contribution in [0.2, 0.25) is 0 Å². The van der Waals surface area contributed by atoms with Gasteiger partial charge in [-0.15, -0.1) is 0 Å². The van der Waals surface area contributed by atoms with Crippen molar-refractivity contribution in [2.75, 3.05) is 12.3 Å². The Bertz CT molecular complexity index is 861. The molecule has 0 saturated carbocycles. The van der Waals surface area contributed by atoms with Gasteiger partial charge in [0.2, 0.25) is 12.3 Å². The van der Waals surface area contributed by atoms with E-state index in [4.69, 9.17) is 5.73 Å². The number of sulfone groups is 1. The van der Waals surface area contributed by atoms with Gasteiger partial charge in [-0.2, -0.15) is 0 Å². The van der Waals surface area contributed by atoms with Gasteiger partial charge < -0.3 is 11.1 Å². The van der Waals surface area contributed by atoms with Crippen molar-refractivity contribution < 1.29 is 18.0 Å². The molecule has 0 unspecified atom stereocenters. The SMILES string of the molecule is CCS(=O)(=O)c1ccc([C@@H](CNC=O)c2ccccc2C(N)=O)cc1. The Labute approximate surface area is 147 Å². The number of rotatable bonds is 8. The van der Waals surface area contributed by atoms with E-state index in [0.717, 1.165) is 5.56 Å². The van der Waals surface area contributed by atoms with Gasteiger partial charge >= 0.3 is 0 Å². The highest BCUT2D eigenvalue weighted by Gasteiger charge is 2.20. The molecule has 132 valence electrons. The van der Waals surface area contributed by atoms with Crippen molar-refractivity contribution in [2.24, 2.45) is 5.73 Å². The summed E-state index contributed by atoms with van der Waals surface area (Å²) in [5, 5.41) is 2.62. The molecule has 0 aromatic heterocycles. The molecule has 2 aromatic carbocycles. The van der Waals surface area contributed by atoms with Crippen molar-refractivity contribution in [1.29, 1.82) is 0 Å². The van der Waals surface area contributed by atoms with E-state index in [9.17, 15) is 18.0 Å². The molecule has 0 aliphatic rings. The van der Waals surface area contributed by atoms with E-state index in [1.807, 2.05) is 0 Å². The Morgan fingerprint density at radius 3 is 2.36 bits per heavy atom. The molecule has 7 heteroatoms. The smallest absolute Gasteiger partial charge is 0.248 e. The van der Waals surface area contributed by atoms with Gasteiger partial charge in [-0.1, -0.05) is 37.3 Å². The average Bonchev–Trinajstić information content (AvgIpc) is 2.62. The van der Waals surface area contributed by atoms with Crippen molar-refractivity contribution in [3.8, 4) is 0 Å². The molecule has 0 saturated heterocycles. The molecule has 0 heterocycles. The van der Waals surface area contributed by atoms with E-state index >= 15 is 0 Å². The molecule has 2 aromatic rings. The fraction of sp³-hybridized carbons (Fsp3) is 0.222. The predicted molar refractivity (Wildman–Crippen MR) is 95.0 cm³/mol. The first-order valence-corrected chi connectivity index (χ1v) is 9.44. The number of benzene rings is 2. The maximum Gasteiger partial charge on any atom is 0.248 e. The second kappa shape index (κ2) is 7.94. The molecule has 0 aliphatic carbocycles. The number of hydrogen-bond donors (Lipinski definition) is 2. The lowest BCUT2D eigenvalue weighted by atomic mass is 9.88. The van der Waals surface area contributed by atoms with Crippen LogP contribution in [0.5, 0.6) is 0 Å². The van der Waals surface area contributed by atoms with Gasteiger partial charge in [-0.05, 0) is 29.3 Å². The summed E-state index contributed by atoms with van der Waals surface area (Å²) in [6, 6.07) is 13.4. The van der Waals surface area contributed by atoms with Gasteiger partial charge in [0.05, 0.1) is 10.6 Å². The monoisotopic (exact) mass is 360 g/mol. The first-order valence-electron chi connectivity index (χ1n) is 7.79. The number of primary amides is 1. The molecule has 2 amide bonds. The van der Waals surface area contributed by atoms with Crippen LogP contribution in [0.25, 0.3) is 0 Å². The third-order valence-corrected chi connectivity index (χ3v) is 5.78. The zero-order valence-electron chi connectivity index (χ0n) is 13.8. The van der Waals surface area contributed by atoms with Crippen LogP contribution in [0.1, 0.15) is 34.3 Å². The van der Waals surface area contributed by atoms with Gasteiger partial charge in [-0.25, -0.2) is 8.42 Å². The molecule has 0 fully saturated rings. The largest absolute Gasteiger partial charge is 0.366 e. The molecule has 0 aliphatic heterocycles. The van der Waals surface area contributed by atoms with Gasteiger partial charge in [0.25, 0.3) is 0 Å². The van der Waals surface area contributed by atoms with Crippen LogP contribution in [0.15, 0.2) is 53.4 Å². The predicted octanol–water partition coefficient (Wildman–Crippen LogP) is 1.46. The summed E-state index contributed by atoms with van der Waals surface area (Å²) in [6.45, 7) is 1.84. The van der Waals surface area contributed by atoms with E-state index < -0.39 is 15.7 Å². The van der Waals surface area contributed by atoms with Gasteiger partial charge in [0.1, 0.15) is 0 Å². The summed E-state index contributed by atoms with van der Waals surface area (Å²) < 4.78 is 23.9. The van der Waals surface area contributed by atoms with Crippen LogP contribution in [-0.4, -0.2) is 33.0 Å². The quantitative estimate of drug-likeness (QED) is 0.695. The molecule has 2 rings (SSSR count). The Morgan fingerprint density at radius 2 is 1.80 bits per heavy atom. The maximum absolute atomic E-state index is 11.9. The summed E-state index contributed by atoms with van der Waals surface area (Å²) in [4.78, 5) is 22.7. The van der Waals surface area contributed by atoms with E-state index in [0.29, 0.717) is 17.5 Å². The van der Waals surface area contributed by atoms with Crippen molar-refractivity contribution in [1.82, 2.24) is 5.32 Å². The molecule has 6 nitrogen and oxygen atoms in total.